The third-order valence-electron chi connectivity index (χ3n) is 5.27. The van der Waals surface area contributed by atoms with Gasteiger partial charge in [0.1, 0.15) is 6.10 Å². The molecule has 0 saturated heterocycles. The Bertz CT molecular complexity index is 661. The third-order valence-corrected chi connectivity index (χ3v) is 5.27. The number of carbonyl (C=O) groups excluding carboxylic acids is 3. The molecule has 8 nitrogen and oxygen atoms in total. The fraction of sp³-hybridized carbons (Fsp3) is 0.640. The molecule has 3 amide bonds. The minimum atomic E-state index is -0.376. The van der Waals surface area contributed by atoms with Gasteiger partial charge in [0, 0.05) is 26.2 Å². The van der Waals surface area contributed by atoms with Crippen molar-refractivity contribution in [3.63, 3.8) is 0 Å². The average Bonchev–Trinajstić information content (AvgIpc) is 2.81. The smallest absolute Gasteiger partial charge is 0.240 e. The van der Waals surface area contributed by atoms with Gasteiger partial charge < -0.3 is 25.6 Å². The van der Waals surface area contributed by atoms with E-state index in [0.717, 1.165) is 31.4 Å². The molecule has 188 valence electrons. The topological polar surface area (TPSA) is 99.8 Å². The van der Waals surface area contributed by atoms with Gasteiger partial charge in [0.25, 0.3) is 0 Å². The summed E-state index contributed by atoms with van der Waals surface area (Å²) in [4.78, 5) is 35.2. The van der Waals surface area contributed by atoms with E-state index in [1.54, 1.807) is 6.26 Å². The number of hydrogen-bond acceptors (Lipinski definition) is 5. The molecule has 0 aromatic carbocycles. The molecule has 0 fully saturated rings. The number of nitrogens with zero attached hydrogens (tertiary/aromatic N) is 1. The van der Waals surface area contributed by atoms with Gasteiger partial charge in [0.15, 0.2) is 0 Å². The monoisotopic (exact) mass is 464 g/mol. The molecule has 0 rings (SSSR count). The summed E-state index contributed by atoms with van der Waals surface area (Å²) in [7, 11) is 1.50. The van der Waals surface area contributed by atoms with Gasteiger partial charge in [0.05, 0.1) is 19.4 Å². The van der Waals surface area contributed by atoms with Gasteiger partial charge in [-0.3, -0.25) is 14.4 Å². The number of allylic oxidation sites excluding steroid dienone is 5. The molecule has 0 bridgehead atoms. The van der Waals surface area contributed by atoms with Gasteiger partial charge in [0.2, 0.25) is 18.2 Å². The summed E-state index contributed by atoms with van der Waals surface area (Å²) >= 11 is 0. The van der Waals surface area contributed by atoms with Crippen molar-refractivity contribution in [2.45, 2.75) is 66.0 Å². The summed E-state index contributed by atoms with van der Waals surface area (Å²) in [6, 6.07) is 0.443. The van der Waals surface area contributed by atoms with E-state index in [-0.39, 0.29) is 31.0 Å². The SMILES string of the molecule is C\C=C/C=C\C(=C\O[C@H](C)CNC(C)C(C)CC)CCCNC(=O)CNC(=O)CN(C)C=O. The van der Waals surface area contributed by atoms with E-state index >= 15 is 0 Å². The standard InChI is InChI=1S/C25H44N4O4/c1-7-9-10-12-23(18-33-21(4)15-27-22(5)20(3)8-2)13-11-14-26-24(31)16-28-25(32)17-29(6)19-30/h7,9-10,12,18-22,27H,8,11,13-17H2,1-6H3,(H,26,31)(H,28,32)/b9-7-,12-10-,23-18-/t20?,21-,22?/m1/s1. The second-order valence-electron chi connectivity index (χ2n) is 8.36. The molecule has 0 aromatic heterocycles. The molecular weight excluding hydrogens is 420 g/mol. The number of hydrogen-bond donors (Lipinski definition) is 3. The molecule has 0 heterocycles. The van der Waals surface area contributed by atoms with Crippen LogP contribution < -0.4 is 16.0 Å². The maximum atomic E-state index is 11.9. The maximum Gasteiger partial charge on any atom is 0.240 e. The van der Waals surface area contributed by atoms with Crippen LogP contribution in [0, 0.1) is 5.92 Å². The number of carbonyl (C=O) groups is 3. The first-order chi connectivity index (χ1) is 15.7. The zero-order valence-electron chi connectivity index (χ0n) is 21.2. The second kappa shape index (κ2) is 18.9. The predicted molar refractivity (Wildman–Crippen MR) is 133 cm³/mol. The predicted octanol–water partition coefficient (Wildman–Crippen LogP) is 2.53. The van der Waals surface area contributed by atoms with Gasteiger partial charge in [-0.2, -0.15) is 0 Å². The minimum Gasteiger partial charge on any atom is -0.497 e. The first-order valence-corrected chi connectivity index (χ1v) is 11.8. The van der Waals surface area contributed by atoms with Crippen molar-refractivity contribution in [3.8, 4) is 0 Å². The van der Waals surface area contributed by atoms with Gasteiger partial charge in [-0.25, -0.2) is 0 Å². The van der Waals surface area contributed by atoms with Gasteiger partial charge >= 0.3 is 0 Å². The lowest BCUT2D eigenvalue weighted by molar-refractivity contribution is -0.129. The fourth-order valence-electron chi connectivity index (χ4n) is 2.71. The lowest BCUT2D eigenvalue weighted by Crippen LogP contribution is -2.41. The molecular formula is C25H44N4O4. The molecule has 0 aromatic rings. The highest BCUT2D eigenvalue weighted by molar-refractivity contribution is 5.86. The lowest BCUT2D eigenvalue weighted by Gasteiger charge is -2.22. The van der Waals surface area contributed by atoms with Crippen molar-refractivity contribution < 1.29 is 19.1 Å². The van der Waals surface area contributed by atoms with E-state index in [2.05, 4.69) is 36.7 Å². The second-order valence-corrected chi connectivity index (χ2v) is 8.36. The zero-order chi connectivity index (χ0) is 25.1. The van der Waals surface area contributed by atoms with Crippen LogP contribution in [0.5, 0.6) is 0 Å². The Kier molecular flexibility index (Phi) is 17.4. The molecule has 0 aliphatic rings. The van der Waals surface area contributed by atoms with Crippen LogP contribution in [0.15, 0.2) is 36.1 Å². The maximum absolute atomic E-state index is 11.9. The van der Waals surface area contributed by atoms with E-state index in [1.807, 2.05) is 38.2 Å². The highest BCUT2D eigenvalue weighted by Gasteiger charge is 2.11. The van der Waals surface area contributed by atoms with Crippen molar-refractivity contribution in [2.75, 3.05) is 33.2 Å². The van der Waals surface area contributed by atoms with Crippen molar-refractivity contribution in [1.29, 1.82) is 0 Å². The van der Waals surface area contributed by atoms with E-state index in [1.165, 1.54) is 11.9 Å². The van der Waals surface area contributed by atoms with Crippen LogP contribution in [0.2, 0.25) is 0 Å². The van der Waals surface area contributed by atoms with Crippen molar-refractivity contribution in [3.05, 3.63) is 36.1 Å². The van der Waals surface area contributed by atoms with E-state index in [0.29, 0.717) is 24.9 Å². The van der Waals surface area contributed by atoms with E-state index in [9.17, 15) is 14.4 Å². The lowest BCUT2D eigenvalue weighted by atomic mass is 10.0. The van der Waals surface area contributed by atoms with Gasteiger partial charge in [-0.05, 0) is 45.1 Å². The highest BCUT2D eigenvalue weighted by atomic mass is 16.5. The Morgan fingerprint density at radius 2 is 1.82 bits per heavy atom. The average molecular weight is 465 g/mol. The van der Waals surface area contributed by atoms with Crippen molar-refractivity contribution in [1.82, 2.24) is 20.9 Å². The Hall–Kier alpha value is -2.61. The van der Waals surface area contributed by atoms with Crippen molar-refractivity contribution in [2.24, 2.45) is 5.92 Å². The summed E-state index contributed by atoms with van der Waals surface area (Å²) in [5.41, 5.74) is 1.04. The van der Waals surface area contributed by atoms with Crippen LogP contribution in [-0.2, 0) is 19.1 Å². The number of ether oxygens (including phenoxy) is 1. The molecule has 0 aliphatic heterocycles. The van der Waals surface area contributed by atoms with E-state index < -0.39 is 0 Å². The first-order valence-electron chi connectivity index (χ1n) is 11.8. The van der Waals surface area contributed by atoms with Gasteiger partial charge in [-0.1, -0.05) is 44.6 Å². The van der Waals surface area contributed by atoms with E-state index in [4.69, 9.17) is 4.74 Å². The van der Waals surface area contributed by atoms with Crippen LogP contribution in [0.3, 0.4) is 0 Å². The molecule has 3 atom stereocenters. The third kappa shape index (κ3) is 16.7. The molecule has 2 unspecified atom stereocenters. The summed E-state index contributed by atoms with van der Waals surface area (Å²) in [6.07, 6.45) is 12.9. The summed E-state index contributed by atoms with van der Waals surface area (Å²) < 4.78 is 5.92. The molecule has 0 aliphatic carbocycles. The number of amides is 3. The largest absolute Gasteiger partial charge is 0.497 e. The highest BCUT2D eigenvalue weighted by Crippen LogP contribution is 2.10. The number of nitrogens with one attached hydrogen (secondary N) is 3. The molecule has 0 saturated carbocycles. The fourth-order valence-corrected chi connectivity index (χ4v) is 2.71. The molecule has 33 heavy (non-hydrogen) atoms. The van der Waals surface area contributed by atoms with Crippen LogP contribution in [0.1, 0.15) is 53.9 Å². The minimum absolute atomic E-state index is 0.0446. The van der Waals surface area contributed by atoms with Crippen LogP contribution >= 0.6 is 0 Å². The Balaban J connectivity index is 4.44. The Morgan fingerprint density at radius 1 is 1.09 bits per heavy atom. The van der Waals surface area contributed by atoms with Crippen LogP contribution in [0.4, 0.5) is 0 Å². The molecule has 0 radical (unpaired) electrons. The van der Waals surface area contributed by atoms with Crippen LogP contribution in [0.25, 0.3) is 0 Å². The van der Waals surface area contributed by atoms with Gasteiger partial charge in [-0.15, -0.1) is 0 Å². The summed E-state index contributed by atoms with van der Waals surface area (Å²) in [5, 5.41) is 8.80. The van der Waals surface area contributed by atoms with Crippen LogP contribution in [-0.4, -0.2) is 68.5 Å². The number of rotatable bonds is 18. The van der Waals surface area contributed by atoms with Crippen molar-refractivity contribution >= 4 is 18.2 Å². The summed E-state index contributed by atoms with van der Waals surface area (Å²) in [6.45, 7) is 11.7. The molecule has 3 N–H and O–H groups in total. The zero-order valence-corrected chi connectivity index (χ0v) is 21.2. The summed E-state index contributed by atoms with van der Waals surface area (Å²) in [5.74, 6) is -0.0230. The molecule has 8 heteroatoms. The normalized spacial score (nSPS) is 14.7. The first kappa shape index (κ1) is 30.4. The Labute approximate surface area is 199 Å². The number of likely N-dealkylation sites (N-methyl/N-ethyl adjacent to an activating group) is 1. The Morgan fingerprint density at radius 3 is 2.45 bits per heavy atom. The quantitative estimate of drug-likeness (QED) is 0.125. The molecule has 0 spiro atoms.